The first-order valence-electron chi connectivity index (χ1n) is 7.22. The summed E-state index contributed by atoms with van der Waals surface area (Å²) in [7, 11) is 0. The Kier molecular flexibility index (Phi) is 7.25. The van der Waals surface area contributed by atoms with Gasteiger partial charge in [-0.15, -0.1) is 0 Å². The summed E-state index contributed by atoms with van der Waals surface area (Å²) in [6, 6.07) is 0.112. The normalized spacial score (nSPS) is 19.6. The van der Waals surface area contributed by atoms with Crippen LogP contribution in [0.4, 0.5) is 0 Å². The number of hydrogen-bond acceptors (Lipinski definition) is 2. The summed E-state index contributed by atoms with van der Waals surface area (Å²) in [5.74, 6) is 0.408. The molecule has 0 heterocycles. The summed E-state index contributed by atoms with van der Waals surface area (Å²) in [5, 5.41) is 3.11. The summed E-state index contributed by atoms with van der Waals surface area (Å²) < 4.78 is 0. The molecule has 0 aliphatic heterocycles. The Morgan fingerprint density at radius 1 is 1.28 bits per heavy atom. The second kappa shape index (κ2) is 8.46. The van der Waals surface area contributed by atoms with Crippen molar-refractivity contribution in [2.45, 2.75) is 70.8 Å². The number of thiocarbonyl (C=S) groups is 1. The van der Waals surface area contributed by atoms with Crippen molar-refractivity contribution in [3.63, 3.8) is 0 Å². The molecule has 1 amide bonds. The maximum atomic E-state index is 12.2. The lowest BCUT2D eigenvalue weighted by molar-refractivity contribution is -0.126. The van der Waals surface area contributed by atoms with Gasteiger partial charge in [0.15, 0.2) is 0 Å². The van der Waals surface area contributed by atoms with Gasteiger partial charge in [0.05, 0.1) is 4.99 Å². The summed E-state index contributed by atoms with van der Waals surface area (Å²) in [6.45, 7) is 2.06. The maximum Gasteiger partial charge on any atom is 0.223 e. The average molecular weight is 270 g/mol. The van der Waals surface area contributed by atoms with Crippen molar-refractivity contribution >= 4 is 23.1 Å². The van der Waals surface area contributed by atoms with Crippen molar-refractivity contribution < 1.29 is 4.79 Å². The van der Waals surface area contributed by atoms with Gasteiger partial charge in [-0.2, -0.15) is 0 Å². The van der Waals surface area contributed by atoms with Crippen LogP contribution in [0.3, 0.4) is 0 Å². The lowest BCUT2D eigenvalue weighted by Gasteiger charge is -2.23. The minimum absolute atomic E-state index is 0.112. The molecule has 1 fully saturated rings. The Morgan fingerprint density at radius 2 is 1.83 bits per heavy atom. The zero-order chi connectivity index (χ0) is 13.4. The number of carbonyl (C=O) groups excluding carboxylic acids is 1. The van der Waals surface area contributed by atoms with E-state index in [9.17, 15) is 4.79 Å². The molecule has 3 nitrogen and oxygen atoms in total. The van der Waals surface area contributed by atoms with Crippen molar-refractivity contribution in [2.24, 2.45) is 11.7 Å². The molecule has 1 aliphatic rings. The molecule has 0 aromatic rings. The molecule has 0 aromatic carbocycles. The van der Waals surface area contributed by atoms with Crippen LogP contribution in [0, 0.1) is 5.92 Å². The van der Waals surface area contributed by atoms with Crippen molar-refractivity contribution in [3.8, 4) is 0 Å². The number of hydrogen-bond donors (Lipinski definition) is 2. The van der Waals surface area contributed by atoms with Crippen LogP contribution in [0.2, 0.25) is 0 Å². The Morgan fingerprint density at radius 3 is 2.33 bits per heavy atom. The Hall–Kier alpha value is -0.640. The van der Waals surface area contributed by atoms with Gasteiger partial charge in [0.1, 0.15) is 0 Å². The fourth-order valence-electron chi connectivity index (χ4n) is 2.58. The van der Waals surface area contributed by atoms with Crippen LogP contribution in [0.15, 0.2) is 0 Å². The monoisotopic (exact) mass is 270 g/mol. The number of nitrogens with two attached hydrogens (primary N) is 1. The van der Waals surface area contributed by atoms with Gasteiger partial charge >= 0.3 is 0 Å². The molecule has 0 radical (unpaired) electrons. The van der Waals surface area contributed by atoms with E-state index in [1.54, 1.807) is 0 Å². The molecular weight excluding hydrogens is 244 g/mol. The first-order chi connectivity index (χ1) is 8.63. The summed E-state index contributed by atoms with van der Waals surface area (Å²) in [5.41, 5.74) is 5.55. The highest BCUT2D eigenvalue weighted by molar-refractivity contribution is 7.80. The lowest BCUT2D eigenvalue weighted by atomic mass is 9.90. The zero-order valence-corrected chi connectivity index (χ0v) is 12.2. The summed E-state index contributed by atoms with van der Waals surface area (Å²) >= 11 is 4.91. The van der Waals surface area contributed by atoms with Crippen molar-refractivity contribution in [2.75, 3.05) is 0 Å². The minimum atomic E-state index is 0.112. The molecule has 0 aromatic heterocycles. The zero-order valence-electron chi connectivity index (χ0n) is 11.4. The third kappa shape index (κ3) is 5.80. The van der Waals surface area contributed by atoms with E-state index in [4.69, 9.17) is 18.0 Å². The number of nitrogens with one attached hydrogen (secondary N) is 1. The SMILES string of the molecule is CCC(CC(N)=S)NC(=O)C1CCCCCCC1. The van der Waals surface area contributed by atoms with E-state index in [1.165, 1.54) is 32.1 Å². The first-order valence-corrected chi connectivity index (χ1v) is 7.63. The molecule has 0 saturated heterocycles. The number of amides is 1. The van der Waals surface area contributed by atoms with E-state index in [0.717, 1.165) is 19.3 Å². The third-order valence-corrected chi connectivity index (χ3v) is 3.93. The average Bonchev–Trinajstić information content (AvgIpc) is 2.26. The highest BCUT2D eigenvalue weighted by atomic mass is 32.1. The van der Waals surface area contributed by atoms with Crippen LogP contribution >= 0.6 is 12.2 Å². The third-order valence-electron chi connectivity index (χ3n) is 3.76. The van der Waals surface area contributed by atoms with Crippen molar-refractivity contribution in [1.82, 2.24) is 5.32 Å². The van der Waals surface area contributed by atoms with Crippen LogP contribution in [0.25, 0.3) is 0 Å². The highest BCUT2D eigenvalue weighted by Crippen LogP contribution is 2.22. The van der Waals surface area contributed by atoms with E-state index >= 15 is 0 Å². The predicted molar refractivity (Wildman–Crippen MR) is 79.4 cm³/mol. The largest absolute Gasteiger partial charge is 0.393 e. The van der Waals surface area contributed by atoms with Gasteiger partial charge < -0.3 is 11.1 Å². The fraction of sp³-hybridized carbons (Fsp3) is 0.857. The summed E-state index contributed by atoms with van der Waals surface area (Å²) in [6.07, 6.45) is 9.81. The minimum Gasteiger partial charge on any atom is -0.393 e. The van der Waals surface area contributed by atoms with Crippen LogP contribution < -0.4 is 11.1 Å². The van der Waals surface area contributed by atoms with Crippen LogP contribution in [-0.4, -0.2) is 16.9 Å². The lowest BCUT2D eigenvalue weighted by Crippen LogP contribution is -2.40. The van der Waals surface area contributed by atoms with Gasteiger partial charge in [0, 0.05) is 18.4 Å². The van der Waals surface area contributed by atoms with Gasteiger partial charge in [-0.1, -0.05) is 51.2 Å². The van der Waals surface area contributed by atoms with Crippen LogP contribution in [-0.2, 0) is 4.79 Å². The van der Waals surface area contributed by atoms with Gasteiger partial charge in [-0.3, -0.25) is 4.79 Å². The van der Waals surface area contributed by atoms with E-state index in [2.05, 4.69) is 12.2 Å². The van der Waals surface area contributed by atoms with E-state index in [1.807, 2.05) is 0 Å². The van der Waals surface area contributed by atoms with Gasteiger partial charge in [-0.25, -0.2) is 0 Å². The predicted octanol–water partition coefficient (Wildman–Crippen LogP) is 2.92. The summed E-state index contributed by atoms with van der Waals surface area (Å²) in [4.78, 5) is 12.7. The maximum absolute atomic E-state index is 12.2. The highest BCUT2D eigenvalue weighted by Gasteiger charge is 2.21. The molecule has 18 heavy (non-hydrogen) atoms. The topological polar surface area (TPSA) is 55.1 Å². The smallest absolute Gasteiger partial charge is 0.223 e. The second-order valence-corrected chi connectivity index (χ2v) is 5.85. The van der Waals surface area contributed by atoms with Crippen molar-refractivity contribution in [3.05, 3.63) is 0 Å². The van der Waals surface area contributed by atoms with Crippen molar-refractivity contribution in [1.29, 1.82) is 0 Å². The number of carbonyl (C=O) groups is 1. The van der Waals surface area contributed by atoms with Gasteiger partial charge in [0.25, 0.3) is 0 Å². The molecule has 3 N–H and O–H groups in total. The number of rotatable bonds is 5. The Balaban J connectivity index is 2.42. The molecule has 1 aliphatic carbocycles. The van der Waals surface area contributed by atoms with E-state index in [0.29, 0.717) is 11.4 Å². The fourth-order valence-corrected chi connectivity index (χ4v) is 2.78. The molecule has 0 bridgehead atoms. The molecule has 0 spiro atoms. The molecule has 104 valence electrons. The standard InChI is InChI=1S/C14H26N2OS/c1-2-12(10-13(15)18)16-14(17)11-8-6-4-3-5-7-9-11/h11-12H,2-10H2,1H3,(H2,15,18)(H,16,17). The molecule has 1 unspecified atom stereocenters. The van der Waals surface area contributed by atoms with E-state index in [-0.39, 0.29) is 17.9 Å². The van der Waals surface area contributed by atoms with Gasteiger partial charge in [-0.05, 0) is 19.3 Å². The first kappa shape index (κ1) is 15.4. The molecule has 1 atom stereocenters. The molecule has 1 saturated carbocycles. The molecule has 1 rings (SSSR count). The van der Waals surface area contributed by atoms with Gasteiger partial charge in [0.2, 0.25) is 5.91 Å². The second-order valence-electron chi connectivity index (χ2n) is 5.33. The quantitative estimate of drug-likeness (QED) is 0.755. The molecule has 4 heteroatoms. The molecular formula is C14H26N2OS. The van der Waals surface area contributed by atoms with E-state index < -0.39 is 0 Å². The van der Waals surface area contributed by atoms with Crippen LogP contribution in [0.5, 0.6) is 0 Å². The van der Waals surface area contributed by atoms with Crippen LogP contribution in [0.1, 0.15) is 64.7 Å². The Labute approximate surface area is 116 Å². The Bertz CT molecular complexity index is 273.